The molecule has 0 fully saturated rings. The van der Waals surface area contributed by atoms with Crippen molar-refractivity contribution in [2.45, 2.75) is 46.0 Å². The highest BCUT2D eigenvalue weighted by Crippen LogP contribution is 2.41. The van der Waals surface area contributed by atoms with E-state index in [1.165, 1.54) is 0 Å². The number of rotatable bonds is 6. The van der Waals surface area contributed by atoms with Crippen LogP contribution >= 0.6 is 0 Å². The molecule has 1 aliphatic rings. The Morgan fingerprint density at radius 2 is 2.18 bits per heavy atom. The SMILES string of the molecule is CCCCCC1(C(C)=O)C=CC=CC1CC#N. The van der Waals surface area contributed by atoms with Gasteiger partial charge in [-0.25, -0.2) is 0 Å². The number of carbonyl (C=O) groups excluding carboxylic acids is 1. The van der Waals surface area contributed by atoms with E-state index in [-0.39, 0.29) is 11.7 Å². The van der Waals surface area contributed by atoms with Gasteiger partial charge in [-0.1, -0.05) is 50.5 Å². The third-order valence-corrected chi connectivity index (χ3v) is 3.67. The first-order valence-electron chi connectivity index (χ1n) is 6.41. The van der Waals surface area contributed by atoms with Gasteiger partial charge in [-0.15, -0.1) is 0 Å². The van der Waals surface area contributed by atoms with E-state index >= 15 is 0 Å². The number of hydrogen-bond donors (Lipinski definition) is 0. The van der Waals surface area contributed by atoms with E-state index in [1.807, 2.05) is 24.3 Å². The summed E-state index contributed by atoms with van der Waals surface area (Å²) in [5.41, 5.74) is -0.431. The number of nitriles is 1. The Labute approximate surface area is 104 Å². The molecule has 1 aliphatic carbocycles. The quantitative estimate of drug-likeness (QED) is 0.652. The average Bonchev–Trinajstić information content (AvgIpc) is 2.31. The molecule has 0 bridgehead atoms. The maximum Gasteiger partial charge on any atom is 0.140 e. The number of nitrogens with zero attached hydrogens (tertiary/aromatic N) is 1. The normalized spacial score (nSPS) is 26.8. The van der Waals surface area contributed by atoms with E-state index in [4.69, 9.17) is 5.26 Å². The molecule has 0 aliphatic heterocycles. The third-order valence-electron chi connectivity index (χ3n) is 3.67. The van der Waals surface area contributed by atoms with E-state index in [2.05, 4.69) is 13.0 Å². The van der Waals surface area contributed by atoms with E-state index in [0.717, 1.165) is 25.7 Å². The monoisotopic (exact) mass is 231 g/mol. The van der Waals surface area contributed by atoms with Crippen molar-refractivity contribution in [3.8, 4) is 6.07 Å². The molecule has 2 atom stereocenters. The van der Waals surface area contributed by atoms with E-state index < -0.39 is 5.41 Å². The van der Waals surface area contributed by atoms with Crippen LogP contribution in [0.2, 0.25) is 0 Å². The van der Waals surface area contributed by atoms with Crippen molar-refractivity contribution >= 4 is 5.78 Å². The molecule has 92 valence electrons. The van der Waals surface area contributed by atoms with Crippen molar-refractivity contribution in [2.24, 2.45) is 11.3 Å². The van der Waals surface area contributed by atoms with Crippen LogP contribution in [0, 0.1) is 22.7 Å². The Kier molecular flexibility index (Phi) is 5.15. The Bertz CT molecular complexity index is 362. The largest absolute Gasteiger partial charge is 0.299 e. The zero-order valence-electron chi connectivity index (χ0n) is 10.8. The van der Waals surface area contributed by atoms with E-state index in [0.29, 0.717) is 6.42 Å². The minimum Gasteiger partial charge on any atom is -0.299 e. The Balaban J connectivity index is 2.87. The molecule has 0 aromatic carbocycles. The number of unbranched alkanes of at least 4 members (excludes halogenated alkanes) is 2. The standard InChI is InChI=1S/C15H21NO/c1-3-4-6-10-15(13(2)17)11-7-5-8-14(15)9-12-16/h5,7-8,11,14H,3-4,6,9-10H2,1-2H3. The lowest BCUT2D eigenvalue weighted by molar-refractivity contribution is -0.126. The zero-order chi connectivity index (χ0) is 12.7. The van der Waals surface area contributed by atoms with Crippen LogP contribution < -0.4 is 0 Å². The van der Waals surface area contributed by atoms with Crippen LogP contribution in [0.3, 0.4) is 0 Å². The first kappa shape index (κ1) is 13.7. The second kappa shape index (κ2) is 6.39. The molecule has 0 aromatic heterocycles. The maximum absolute atomic E-state index is 12.0. The van der Waals surface area contributed by atoms with Gasteiger partial charge in [0, 0.05) is 12.3 Å². The minimum atomic E-state index is -0.431. The van der Waals surface area contributed by atoms with E-state index in [1.54, 1.807) is 6.92 Å². The summed E-state index contributed by atoms with van der Waals surface area (Å²) >= 11 is 0. The van der Waals surface area contributed by atoms with E-state index in [9.17, 15) is 4.79 Å². The molecule has 0 spiro atoms. The van der Waals surface area contributed by atoms with Crippen molar-refractivity contribution < 1.29 is 4.79 Å². The van der Waals surface area contributed by atoms with Crippen molar-refractivity contribution in [2.75, 3.05) is 0 Å². The topological polar surface area (TPSA) is 40.9 Å². The highest BCUT2D eigenvalue weighted by molar-refractivity contribution is 5.85. The molecule has 0 heterocycles. The molecule has 17 heavy (non-hydrogen) atoms. The van der Waals surface area contributed by atoms with Gasteiger partial charge < -0.3 is 0 Å². The summed E-state index contributed by atoms with van der Waals surface area (Å²) in [6, 6.07) is 2.20. The molecule has 0 N–H and O–H groups in total. The van der Waals surface area contributed by atoms with Gasteiger partial charge in [0.15, 0.2) is 0 Å². The fraction of sp³-hybridized carbons (Fsp3) is 0.600. The van der Waals surface area contributed by atoms with Gasteiger partial charge in [0.2, 0.25) is 0 Å². The van der Waals surface area contributed by atoms with Crippen molar-refractivity contribution in [1.82, 2.24) is 0 Å². The highest BCUT2D eigenvalue weighted by Gasteiger charge is 2.39. The second-order valence-electron chi connectivity index (χ2n) is 4.77. The average molecular weight is 231 g/mol. The smallest absolute Gasteiger partial charge is 0.140 e. The fourth-order valence-electron chi connectivity index (χ4n) is 2.56. The van der Waals surface area contributed by atoms with Gasteiger partial charge in [-0.05, 0) is 13.3 Å². The molecule has 1 rings (SSSR count). The number of allylic oxidation sites excluding steroid dienone is 4. The second-order valence-corrected chi connectivity index (χ2v) is 4.77. The summed E-state index contributed by atoms with van der Waals surface area (Å²) < 4.78 is 0. The van der Waals surface area contributed by atoms with Crippen LogP contribution in [0.5, 0.6) is 0 Å². The van der Waals surface area contributed by atoms with Crippen molar-refractivity contribution in [3.63, 3.8) is 0 Å². The predicted molar refractivity (Wildman–Crippen MR) is 69.3 cm³/mol. The lowest BCUT2D eigenvalue weighted by Crippen LogP contribution is -2.35. The summed E-state index contributed by atoms with van der Waals surface area (Å²) in [5, 5.41) is 8.88. The molecule has 0 amide bonds. The fourth-order valence-corrected chi connectivity index (χ4v) is 2.56. The summed E-state index contributed by atoms with van der Waals surface area (Å²) in [7, 11) is 0. The molecule has 2 heteroatoms. The van der Waals surface area contributed by atoms with Crippen LogP contribution in [0.4, 0.5) is 0 Å². The summed E-state index contributed by atoms with van der Waals surface area (Å²) in [6.45, 7) is 3.81. The number of ketones is 1. The van der Waals surface area contributed by atoms with Crippen LogP contribution in [0.25, 0.3) is 0 Å². The molecule has 2 unspecified atom stereocenters. The van der Waals surface area contributed by atoms with Gasteiger partial charge in [0.1, 0.15) is 5.78 Å². The van der Waals surface area contributed by atoms with Crippen LogP contribution in [0.1, 0.15) is 46.0 Å². The van der Waals surface area contributed by atoms with Gasteiger partial charge in [0.05, 0.1) is 11.5 Å². The molecule has 0 radical (unpaired) electrons. The third kappa shape index (κ3) is 3.06. The lowest BCUT2D eigenvalue weighted by atomic mass is 9.66. The highest BCUT2D eigenvalue weighted by atomic mass is 16.1. The zero-order valence-corrected chi connectivity index (χ0v) is 10.8. The van der Waals surface area contributed by atoms with Crippen molar-refractivity contribution in [1.29, 1.82) is 5.26 Å². The van der Waals surface area contributed by atoms with Gasteiger partial charge in [0.25, 0.3) is 0 Å². The van der Waals surface area contributed by atoms with Crippen LogP contribution in [-0.4, -0.2) is 5.78 Å². The van der Waals surface area contributed by atoms with Crippen molar-refractivity contribution in [3.05, 3.63) is 24.3 Å². The molecule has 2 nitrogen and oxygen atoms in total. The molecular weight excluding hydrogens is 210 g/mol. The lowest BCUT2D eigenvalue weighted by Gasteiger charge is -2.35. The Hall–Kier alpha value is -1.36. The molecule has 0 saturated carbocycles. The minimum absolute atomic E-state index is 0.0480. The summed E-state index contributed by atoms with van der Waals surface area (Å²) in [5.74, 6) is 0.237. The van der Waals surface area contributed by atoms with Gasteiger partial charge in [-0.3, -0.25) is 4.79 Å². The Morgan fingerprint density at radius 3 is 2.76 bits per heavy atom. The van der Waals surface area contributed by atoms with Gasteiger partial charge >= 0.3 is 0 Å². The number of Topliss-reactive ketones (excluding diaryl/α,β-unsaturated/α-hetero) is 1. The van der Waals surface area contributed by atoms with Crippen LogP contribution in [-0.2, 0) is 4.79 Å². The molecule has 0 saturated heterocycles. The van der Waals surface area contributed by atoms with Gasteiger partial charge in [-0.2, -0.15) is 5.26 Å². The summed E-state index contributed by atoms with van der Waals surface area (Å²) in [4.78, 5) is 12.0. The Morgan fingerprint density at radius 1 is 1.41 bits per heavy atom. The first-order chi connectivity index (χ1) is 8.17. The number of carbonyl (C=O) groups is 1. The summed E-state index contributed by atoms with van der Waals surface area (Å²) in [6.07, 6.45) is 12.5. The van der Waals surface area contributed by atoms with Crippen LogP contribution in [0.15, 0.2) is 24.3 Å². The first-order valence-corrected chi connectivity index (χ1v) is 6.41. The molecular formula is C15H21NO. The predicted octanol–water partition coefficient (Wildman–Crippen LogP) is 3.80. The molecule has 0 aromatic rings. The maximum atomic E-state index is 12.0. The number of hydrogen-bond acceptors (Lipinski definition) is 2.